The zero-order chi connectivity index (χ0) is 26.8. The van der Waals surface area contributed by atoms with E-state index in [9.17, 15) is 31.2 Å². The Labute approximate surface area is 201 Å². The van der Waals surface area contributed by atoms with E-state index in [1.165, 1.54) is 28.4 Å². The zero-order valence-corrected chi connectivity index (χ0v) is 20.3. The summed E-state index contributed by atoms with van der Waals surface area (Å²) in [5, 5.41) is 13.1. The minimum absolute atomic E-state index is 0.0721. The lowest BCUT2D eigenvalue weighted by Gasteiger charge is -2.25. The number of nitrogens with zero attached hydrogens (tertiary/aromatic N) is 2. The molecule has 2 rings (SSSR count). The smallest absolute Gasteiger partial charge is 0.475 e. The van der Waals surface area contributed by atoms with Crippen molar-refractivity contribution in [2.45, 2.75) is 30.5 Å². The van der Waals surface area contributed by atoms with E-state index in [-0.39, 0.29) is 34.9 Å². The molecule has 0 saturated heterocycles. The van der Waals surface area contributed by atoms with Gasteiger partial charge in [0.25, 0.3) is 5.91 Å². The number of carbonyl (C=O) groups is 3. The summed E-state index contributed by atoms with van der Waals surface area (Å²) in [7, 11) is -0.572. The number of likely N-dealkylation sites (N-methyl/N-ethyl adjacent to an activating group) is 2. The first kappa shape index (κ1) is 30.1. The quantitative estimate of drug-likeness (QED) is 0.434. The van der Waals surface area contributed by atoms with Gasteiger partial charge in [-0.15, -0.1) is 0 Å². The molecule has 0 saturated carbocycles. The van der Waals surface area contributed by atoms with Crippen molar-refractivity contribution in [3.05, 3.63) is 42.0 Å². The zero-order valence-electron chi connectivity index (χ0n) is 19.5. The number of nitrogens with one attached hydrogen (secondary N) is 2. The molecule has 1 atom stereocenters. The second kappa shape index (κ2) is 13.2. The molecule has 2 amide bonds. The number of carboxylic acids is 1. The lowest BCUT2D eigenvalue weighted by atomic mass is 10.1. The van der Waals surface area contributed by atoms with Gasteiger partial charge in [-0.25, -0.2) is 13.2 Å². The SMILES string of the molecule is CC1CNC(=O)CCNC/C=C\CN(C)S(=O)(=O)c2cccc(c2)C(=O)N1C.O=C(O)C(F)(F)F. The Morgan fingerprint density at radius 3 is 2.40 bits per heavy atom. The fraction of sp³-hybridized carbons (Fsp3) is 0.476. The van der Waals surface area contributed by atoms with E-state index in [0.717, 1.165) is 0 Å². The van der Waals surface area contributed by atoms with Crippen LogP contribution >= 0.6 is 0 Å². The molecule has 2 bridgehead atoms. The largest absolute Gasteiger partial charge is 0.490 e. The first-order valence-electron chi connectivity index (χ1n) is 10.4. The van der Waals surface area contributed by atoms with Gasteiger partial charge >= 0.3 is 12.1 Å². The van der Waals surface area contributed by atoms with Gasteiger partial charge in [0.05, 0.1) is 4.90 Å². The average molecular weight is 523 g/mol. The van der Waals surface area contributed by atoms with Crippen molar-refractivity contribution in [3.8, 4) is 0 Å². The Morgan fingerprint density at radius 1 is 1.17 bits per heavy atom. The predicted molar refractivity (Wildman–Crippen MR) is 121 cm³/mol. The molecule has 10 nitrogen and oxygen atoms in total. The van der Waals surface area contributed by atoms with Crippen LogP contribution in [0, 0.1) is 0 Å². The van der Waals surface area contributed by atoms with Crippen LogP contribution in [0.25, 0.3) is 0 Å². The molecule has 0 aliphatic carbocycles. The van der Waals surface area contributed by atoms with Gasteiger partial charge in [-0.3, -0.25) is 9.59 Å². The number of amides is 2. The Kier molecular flexibility index (Phi) is 11.3. The van der Waals surface area contributed by atoms with E-state index in [0.29, 0.717) is 26.1 Å². The third-order valence-corrected chi connectivity index (χ3v) is 6.75. The van der Waals surface area contributed by atoms with Gasteiger partial charge in [0.1, 0.15) is 0 Å². The summed E-state index contributed by atoms with van der Waals surface area (Å²) in [4.78, 5) is 35.2. The van der Waals surface area contributed by atoms with Gasteiger partial charge in [-0.1, -0.05) is 18.2 Å². The first-order chi connectivity index (χ1) is 16.2. The molecule has 0 radical (unpaired) electrons. The minimum atomic E-state index is -5.08. The lowest BCUT2D eigenvalue weighted by Crippen LogP contribution is -2.43. The molecule has 0 spiro atoms. The Hall–Kier alpha value is -2.97. The Morgan fingerprint density at radius 2 is 1.80 bits per heavy atom. The van der Waals surface area contributed by atoms with E-state index < -0.39 is 22.2 Å². The maximum Gasteiger partial charge on any atom is 0.490 e. The third-order valence-electron chi connectivity index (χ3n) is 4.93. The molecule has 1 aliphatic heterocycles. The summed E-state index contributed by atoms with van der Waals surface area (Å²) < 4.78 is 58.5. The van der Waals surface area contributed by atoms with Crippen LogP contribution in [0.5, 0.6) is 0 Å². The molecule has 14 heteroatoms. The fourth-order valence-corrected chi connectivity index (χ4v) is 3.82. The number of carbonyl (C=O) groups excluding carboxylic acids is 2. The number of rotatable bonds is 0. The number of carboxylic acid groups (broad SMARTS) is 1. The van der Waals surface area contributed by atoms with Gasteiger partial charge < -0.3 is 20.6 Å². The van der Waals surface area contributed by atoms with E-state index in [1.54, 1.807) is 25.3 Å². The van der Waals surface area contributed by atoms with Crippen LogP contribution in [0.3, 0.4) is 0 Å². The molecule has 0 fully saturated rings. The number of alkyl halides is 3. The van der Waals surface area contributed by atoms with Crippen molar-refractivity contribution in [1.29, 1.82) is 0 Å². The standard InChI is InChI=1S/C19H28N4O4S.C2HF3O2/c1-15-14-21-18(24)9-11-20-10-4-5-12-22(2)28(26,27)17-8-6-7-16(13-17)19(25)23(15)3;3-2(4,5)1(6)7/h4-8,13,15,20H,9-12,14H2,1-3H3,(H,21,24);(H,6,7)/b5-4-;. The molecular formula is C21H29F3N4O6S. The van der Waals surface area contributed by atoms with Crippen molar-refractivity contribution in [2.24, 2.45) is 0 Å². The molecule has 1 heterocycles. The number of halogens is 3. The molecule has 1 aromatic carbocycles. The lowest BCUT2D eigenvalue weighted by molar-refractivity contribution is -0.192. The van der Waals surface area contributed by atoms with Gasteiger partial charge in [0.2, 0.25) is 15.9 Å². The summed E-state index contributed by atoms with van der Waals surface area (Å²) in [5.74, 6) is -3.14. The number of benzene rings is 1. The van der Waals surface area contributed by atoms with Crippen molar-refractivity contribution in [3.63, 3.8) is 0 Å². The van der Waals surface area contributed by atoms with Crippen LogP contribution in [0.4, 0.5) is 13.2 Å². The van der Waals surface area contributed by atoms with E-state index >= 15 is 0 Å². The summed E-state index contributed by atoms with van der Waals surface area (Å²) in [6.07, 6.45) is -1.18. The van der Waals surface area contributed by atoms with E-state index in [2.05, 4.69) is 10.6 Å². The molecule has 35 heavy (non-hydrogen) atoms. The highest BCUT2D eigenvalue weighted by molar-refractivity contribution is 7.89. The summed E-state index contributed by atoms with van der Waals surface area (Å²) in [6, 6.07) is 5.79. The molecule has 1 aliphatic rings. The number of hydrogen-bond acceptors (Lipinski definition) is 6. The van der Waals surface area contributed by atoms with Gasteiger partial charge in [-0.05, 0) is 25.1 Å². The van der Waals surface area contributed by atoms with Gasteiger partial charge in [-0.2, -0.15) is 17.5 Å². The highest BCUT2D eigenvalue weighted by Gasteiger charge is 2.38. The second-order valence-electron chi connectivity index (χ2n) is 7.61. The fourth-order valence-electron chi connectivity index (χ4n) is 2.65. The maximum atomic E-state index is 12.8. The highest BCUT2D eigenvalue weighted by Crippen LogP contribution is 2.17. The Balaban J connectivity index is 0.000000762. The van der Waals surface area contributed by atoms with Gasteiger partial charge in [0.15, 0.2) is 0 Å². The summed E-state index contributed by atoms with van der Waals surface area (Å²) in [6.45, 7) is 3.41. The van der Waals surface area contributed by atoms with Crippen molar-refractivity contribution in [2.75, 3.05) is 40.3 Å². The maximum absolute atomic E-state index is 12.8. The third kappa shape index (κ3) is 9.66. The minimum Gasteiger partial charge on any atom is -0.475 e. The molecule has 0 aromatic heterocycles. The highest BCUT2D eigenvalue weighted by atomic mass is 32.2. The van der Waals surface area contributed by atoms with Crippen LogP contribution in [0.1, 0.15) is 23.7 Å². The number of sulfonamides is 1. The molecule has 1 aromatic rings. The average Bonchev–Trinajstić information content (AvgIpc) is 2.80. The van der Waals surface area contributed by atoms with Crippen LogP contribution in [0.15, 0.2) is 41.3 Å². The van der Waals surface area contributed by atoms with Crippen LogP contribution < -0.4 is 10.6 Å². The van der Waals surface area contributed by atoms with Crippen LogP contribution in [-0.2, 0) is 19.6 Å². The van der Waals surface area contributed by atoms with E-state index in [1.807, 2.05) is 13.0 Å². The van der Waals surface area contributed by atoms with Gasteiger partial charge in [0, 0.05) is 58.3 Å². The molecule has 3 N–H and O–H groups in total. The van der Waals surface area contributed by atoms with E-state index in [4.69, 9.17) is 9.90 Å². The first-order valence-corrected chi connectivity index (χ1v) is 11.9. The monoisotopic (exact) mass is 522 g/mol. The number of hydrogen-bond donors (Lipinski definition) is 3. The Bertz CT molecular complexity index is 1030. The number of fused-ring (bicyclic) bond motifs is 2. The topological polar surface area (TPSA) is 136 Å². The van der Waals surface area contributed by atoms with Crippen LogP contribution in [0.2, 0.25) is 0 Å². The summed E-state index contributed by atoms with van der Waals surface area (Å²) in [5.41, 5.74) is 0.288. The normalized spacial score (nSPS) is 21.5. The van der Waals surface area contributed by atoms with Crippen molar-refractivity contribution < 1.29 is 41.1 Å². The summed E-state index contributed by atoms with van der Waals surface area (Å²) >= 11 is 0. The van der Waals surface area contributed by atoms with Crippen LogP contribution in [-0.4, -0.2) is 93.0 Å². The van der Waals surface area contributed by atoms with Crippen molar-refractivity contribution in [1.82, 2.24) is 19.8 Å². The van der Waals surface area contributed by atoms with Crippen molar-refractivity contribution >= 4 is 27.8 Å². The predicted octanol–water partition coefficient (Wildman–Crippen LogP) is 1.07. The number of aliphatic carboxylic acids is 1. The molecule has 196 valence electrons. The second-order valence-corrected chi connectivity index (χ2v) is 9.66. The molecule has 1 unspecified atom stereocenters. The molecular weight excluding hydrogens is 493 g/mol.